The van der Waals surface area contributed by atoms with Crippen molar-refractivity contribution >= 4 is 29.4 Å². The number of ether oxygens (including phenoxy) is 1. The van der Waals surface area contributed by atoms with Gasteiger partial charge in [-0.15, -0.1) is 16.4 Å². The van der Waals surface area contributed by atoms with E-state index in [9.17, 15) is 9.59 Å². The van der Waals surface area contributed by atoms with E-state index in [0.29, 0.717) is 42.2 Å². The highest BCUT2D eigenvalue weighted by Gasteiger charge is 2.31. The molecule has 36 heavy (non-hydrogen) atoms. The number of unbranched alkanes of at least 4 members (excludes halogenated alkanes) is 1. The molecule has 3 rings (SSSR count). The van der Waals surface area contributed by atoms with Crippen molar-refractivity contribution in [1.82, 2.24) is 20.4 Å². The third-order valence-corrected chi connectivity index (χ3v) is 7.27. The first-order chi connectivity index (χ1) is 17.1. The molecule has 1 unspecified atom stereocenters. The van der Waals surface area contributed by atoms with Gasteiger partial charge < -0.3 is 24.3 Å². The Hall–Kier alpha value is -2.62. The third-order valence-electron chi connectivity index (χ3n) is 6.27. The van der Waals surface area contributed by atoms with Crippen LogP contribution in [0, 0.1) is 12.8 Å². The number of amides is 2. The fourth-order valence-corrected chi connectivity index (χ4v) is 5.02. The second kappa shape index (κ2) is 12.6. The summed E-state index contributed by atoms with van der Waals surface area (Å²) in [4.78, 5) is 31.1. The van der Waals surface area contributed by atoms with Gasteiger partial charge in [-0.25, -0.2) is 4.79 Å². The van der Waals surface area contributed by atoms with Gasteiger partial charge in [0.25, 0.3) is 5.91 Å². The smallest absolute Gasteiger partial charge is 0.410 e. The summed E-state index contributed by atoms with van der Waals surface area (Å²) in [5.74, 6) is 0.593. The number of carbonyl (C=O) groups excluding carboxylic acids is 2. The Bertz CT molecular complexity index is 991. The van der Waals surface area contributed by atoms with Crippen LogP contribution in [0.15, 0.2) is 16.5 Å². The van der Waals surface area contributed by atoms with Crippen molar-refractivity contribution in [2.75, 3.05) is 31.1 Å². The number of nitrogens with one attached hydrogen (secondary N) is 1. The standard InChI is InChI=1S/C26H41N5O4S/c1-7-9-14-30(8-2)24-29-28-23(34-24)20(27-22(32)21-11-10-18(3)36-21)17-19-12-15-31(16-13-19)25(33)35-26(4,5)6/h10-11,19-20H,7-9,12-17H2,1-6H3,(H,27,32). The molecule has 0 spiro atoms. The molecule has 1 atom stereocenters. The lowest BCUT2D eigenvalue weighted by molar-refractivity contribution is 0.0177. The fourth-order valence-electron chi connectivity index (χ4n) is 4.25. The maximum Gasteiger partial charge on any atom is 0.410 e. The first kappa shape index (κ1) is 28.0. The van der Waals surface area contributed by atoms with Crippen LogP contribution in [-0.2, 0) is 4.74 Å². The lowest BCUT2D eigenvalue weighted by Gasteiger charge is -2.34. The normalized spacial score (nSPS) is 15.6. The molecular formula is C26H41N5O4S. The maximum absolute atomic E-state index is 13.0. The number of hydrogen-bond acceptors (Lipinski definition) is 8. The van der Waals surface area contributed by atoms with Crippen molar-refractivity contribution < 1.29 is 18.7 Å². The van der Waals surface area contributed by atoms with Crippen LogP contribution in [-0.4, -0.2) is 58.9 Å². The Kier molecular flexibility index (Phi) is 9.76. The predicted octanol–water partition coefficient (Wildman–Crippen LogP) is 5.57. The van der Waals surface area contributed by atoms with Gasteiger partial charge in [0.15, 0.2) is 0 Å². The first-order valence-corrected chi connectivity index (χ1v) is 13.8. The molecule has 1 saturated heterocycles. The molecule has 0 saturated carbocycles. The summed E-state index contributed by atoms with van der Waals surface area (Å²) in [7, 11) is 0. The highest BCUT2D eigenvalue weighted by atomic mass is 32.1. The van der Waals surface area contributed by atoms with Crippen LogP contribution in [0.2, 0.25) is 0 Å². The van der Waals surface area contributed by atoms with Crippen molar-refractivity contribution in [1.29, 1.82) is 0 Å². The number of aromatic nitrogens is 2. The number of rotatable bonds is 10. The van der Waals surface area contributed by atoms with E-state index in [1.165, 1.54) is 11.3 Å². The van der Waals surface area contributed by atoms with Gasteiger partial charge in [0.2, 0.25) is 5.89 Å². The van der Waals surface area contributed by atoms with E-state index in [-0.39, 0.29) is 12.0 Å². The number of likely N-dealkylation sites (tertiary alicyclic amines) is 1. The second-order valence-electron chi connectivity index (χ2n) is 10.4. The van der Waals surface area contributed by atoms with E-state index in [1.807, 2.05) is 39.8 Å². The molecule has 10 heteroatoms. The molecule has 2 amide bonds. The van der Waals surface area contributed by atoms with Crippen LogP contribution in [0.5, 0.6) is 0 Å². The molecule has 1 N–H and O–H groups in total. The number of anilines is 1. The summed E-state index contributed by atoms with van der Waals surface area (Å²) in [6, 6.07) is 3.88. The summed E-state index contributed by atoms with van der Waals surface area (Å²) < 4.78 is 11.6. The van der Waals surface area contributed by atoms with Crippen molar-refractivity contribution in [3.8, 4) is 0 Å². The third kappa shape index (κ3) is 7.94. The lowest BCUT2D eigenvalue weighted by atomic mass is 9.90. The highest BCUT2D eigenvalue weighted by Crippen LogP contribution is 2.30. The summed E-state index contributed by atoms with van der Waals surface area (Å²) in [6.07, 6.45) is 4.16. The molecule has 0 aliphatic carbocycles. The zero-order chi connectivity index (χ0) is 26.3. The molecule has 0 radical (unpaired) electrons. The largest absolute Gasteiger partial charge is 0.444 e. The van der Waals surface area contributed by atoms with Crippen LogP contribution in [0.1, 0.15) is 93.2 Å². The molecule has 3 heterocycles. The van der Waals surface area contributed by atoms with E-state index in [1.54, 1.807) is 4.90 Å². The number of aryl methyl sites for hydroxylation is 1. The number of carbonyl (C=O) groups is 2. The van der Waals surface area contributed by atoms with Gasteiger partial charge in [-0.1, -0.05) is 18.4 Å². The molecule has 2 aromatic rings. The second-order valence-corrected chi connectivity index (χ2v) is 11.7. The minimum absolute atomic E-state index is 0.137. The molecule has 1 aliphatic rings. The van der Waals surface area contributed by atoms with E-state index in [0.717, 1.165) is 43.6 Å². The fraction of sp³-hybridized carbons (Fsp3) is 0.692. The van der Waals surface area contributed by atoms with Gasteiger partial charge in [0, 0.05) is 31.1 Å². The van der Waals surface area contributed by atoms with Gasteiger partial charge in [-0.2, -0.15) is 0 Å². The Morgan fingerprint density at radius 1 is 1.25 bits per heavy atom. The number of hydrogen-bond donors (Lipinski definition) is 1. The van der Waals surface area contributed by atoms with Crippen molar-refractivity contribution in [2.24, 2.45) is 5.92 Å². The monoisotopic (exact) mass is 519 g/mol. The molecule has 9 nitrogen and oxygen atoms in total. The molecular weight excluding hydrogens is 478 g/mol. The summed E-state index contributed by atoms with van der Waals surface area (Å²) in [5, 5.41) is 11.8. The SMILES string of the molecule is CCCCN(CC)c1nnc(C(CC2CCN(C(=O)OC(C)(C)C)CC2)NC(=O)c2ccc(C)s2)o1. The average Bonchev–Trinajstić information content (AvgIpc) is 3.48. The summed E-state index contributed by atoms with van der Waals surface area (Å²) in [5.41, 5.74) is -0.511. The molecule has 1 fully saturated rings. The quantitative estimate of drug-likeness (QED) is 0.438. The zero-order valence-corrected chi connectivity index (χ0v) is 23.3. The number of piperidine rings is 1. The van der Waals surface area contributed by atoms with E-state index in [4.69, 9.17) is 9.15 Å². The molecule has 0 aromatic carbocycles. The predicted molar refractivity (Wildman–Crippen MR) is 142 cm³/mol. The van der Waals surface area contributed by atoms with Crippen molar-refractivity contribution in [2.45, 2.75) is 85.3 Å². The van der Waals surface area contributed by atoms with E-state index in [2.05, 4.69) is 34.3 Å². The molecule has 1 aliphatic heterocycles. The Morgan fingerprint density at radius 2 is 1.97 bits per heavy atom. The first-order valence-electron chi connectivity index (χ1n) is 13.0. The van der Waals surface area contributed by atoms with Crippen LogP contribution in [0.3, 0.4) is 0 Å². The van der Waals surface area contributed by atoms with Crippen molar-refractivity contribution in [3.05, 3.63) is 27.8 Å². The van der Waals surface area contributed by atoms with E-state index < -0.39 is 11.6 Å². The van der Waals surface area contributed by atoms with Gasteiger partial charge in [-0.05, 0) is 78.4 Å². The van der Waals surface area contributed by atoms with Crippen LogP contribution < -0.4 is 10.2 Å². The number of nitrogens with zero attached hydrogens (tertiary/aromatic N) is 4. The molecule has 2 aromatic heterocycles. The van der Waals surface area contributed by atoms with Gasteiger partial charge in [-0.3, -0.25) is 4.79 Å². The minimum atomic E-state index is -0.511. The van der Waals surface area contributed by atoms with Gasteiger partial charge in [0.05, 0.1) is 4.88 Å². The summed E-state index contributed by atoms with van der Waals surface area (Å²) in [6.45, 7) is 14.7. The van der Waals surface area contributed by atoms with Gasteiger partial charge >= 0.3 is 12.1 Å². The molecule has 200 valence electrons. The molecule has 0 bridgehead atoms. The van der Waals surface area contributed by atoms with Crippen LogP contribution in [0.4, 0.5) is 10.8 Å². The minimum Gasteiger partial charge on any atom is -0.444 e. The Labute approximate surface area is 218 Å². The van der Waals surface area contributed by atoms with E-state index >= 15 is 0 Å². The lowest BCUT2D eigenvalue weighted by Crippen LogP contribution is -2.42. The summed E-state index contributed by atoms with van der Waals surface area (Å²) >= 11 is 1.46. The zero-order valence-electron chi connectivity index (χ0n) is 22.5. The van der Waals surface area contributed by atoms with Gasteiger partial charge in [0.1, 0.15) is 11.6 Å². The van der Waals surface area contributed by atoms with Crippen molar-refractivity contribution in [3.63, 3.8) is 0 Å². The Balaban J connectivity index is 1.70. The topological polar surface area (TPSA) is 101 Å². The van der Waals surface area contributed by atoms with Crippen LogP contribution in [0.25, 0.3) is 0 Å². The van der Waals surface area contributed by atoms with Crippen LogP contribution >= 0.6 is 11.3 Å². The number of thiophene rings is 1. The maximum atomic E-state index is 13.0. The average molecular weight is 520 g/mol. The highest BCUT2D eigenvalue weighted by molar-refractivity contribution is 7.13. The Morgan fingerprint density at radius 3 is 2.56 bits per heavy atom.